The summed E-state index contributed by atoms with van der Waals surface area (Å²) < 4.78 is 33.4. The van der Waals surface area contributed by atoms with E-state index in [1.54, 1.807) is 0 Å². The SMILES string of the molecule is O=C1NC(=O)C2C1CC2S(=O)(=O)F. The fourth-order valence-electron chi connectivity index (χ4n) is 1.82. The predicted octanol–water partition coefficient (Wildman–Crippen LogP) is -1.05. The van der Waals surface area contributed by atoms with Crippen LogP contribution in [0, 0.1) is 11.8 Å². The number of carbonyl (C=O) groups excluding carboxylic acids is 2. The Kier molecular flexibility index (Phi) is 1.51. The molecule has 2 rings (SSSR count). The second-order valence-electron chi connectivity index (χ2n) is 3.24. The van der Waals surface area contributed by atoms with E-state index in [2.05, 4.69) is 0 Å². The van der Waals surface area contributed by atoms with Crippen molar-refractivity contribution in [2.75, 3.05) is 0 Å². The van der Waals surface area contributed by atoms with Crippen molar-refractivity contribution < 1.29 is 21.9 Å². The van der Waals surface area contributed by atoms with Crippen LogP contribution in [0.2, 0.25) is 0 Å². The Hall–Kier alpha value is -0.980. The summed E-state index contributed by atoms with van der Waals surface area (Å²) in [7, 11) is -4.69. The van der Waals surface area contributed by atoms with E-state index >= 15 is 0 Å². The smallest absolute Gasteiger partial charge is 0.296 e. The number of hydrogen-bond donors (Lipinski definition) is 1. The van der Waals surface area contributed by atoms with Crippen LogP contribution in [0.5, 0.6) is 0 Å². The highest BCUT2D eigenvalue weighted by molar-refractivity contribution is 7.87. The summed E-state index contributed by atoms with van der Waals surface area (Å²) in [6.45, 7) is 0. The van der Waals surface area contributed by atoms with Gasteiger partial charge in [0.05, 0.1) is 11.8 Å². The molecule has 0 bridgehead atoms. The van der Waals surface area contributed by atoms with Gasteiger partial charge < -0.3 is 0 Å². The number of hydrogen-bond acceptors (Lipinski definition) is 4. The average molecular weight is 207 g/mol. The first-order valence-electron chi connectivity index (χ1n) is 3.69. The first-order chi connectivity index (χ1) is 5.91. The maximum absolute atomic E-state index is 12.5. The van der Waals surface area contributed by atoms with E-state index in [0.717, 1.165) is 0 Å². The minimum Gasteiger partial charge on any atom is -0.296 e. The molecule has 1 aliphatic heterocycles. The van der Waals surface area contributed by atoms with Crippen LogP contribution < -0.4 is 5.32 Å². The van der Waals surface area contributed by atoms with Gasteiger partial charge >= 0.3 is 10.2 Å². The highest BCUT2D eigenvalue weighted by Crippen LogP contribution is 2.43. The maximum atomic E-state index is 12.5. The first kappa shape index (κ1) is 8.61. The van der Waals surface area contributed by atoms with Crippen LogP contribution in [0.25, 0.3) is 0 Å². The molecule has 0 aromatic heterocycles. The molecule has 3 atom stereocenters. The number of rotatable bonds is 1. The minimum absolute atomic E-state index is 0.0823. The highest BCUT2D eigenvalue weighted by atomic mass is 32.3. The Bertz CT molecular complexity index is 389. The molecule has 2 amide bonds. The molecule has 1 saturated heterocycles. The molecule has 72 valence electrons. The topological polar surface area (TPSA) is 80.3 Å². The van der Waals surface area contributed by atoms with Crippen molar-refractivity contribution in [1.29, 1.82) is 0 Å². The number of amides is 2. The Balaban J connectivity index is 2.27. The standard InChI is InChI=1S/C6H6FNO4S/c7-13(11,12)3-1-2-4(3)6(10)8-5(2)9/h2-4H,1H2,(H,8,9,10). The van der Waals surface area contributed by atoms with Crippen LogP contribution in [0.3, 0.4) is 0 Å². The monoisotopic (exact) mass is 207 g/mol. The van der Waals surface area contributed by atoms with Crippen molar-refractivity contribution in [3.05, 3.63) is 0 Å². The fourth-order valence-corrected chi connectivity index (χ4v) is 2.92. The van der Waals surface area contributed by atoms with Crippen LogP contribution in [0.15, 0.2) is 0 Å². The number of halogens is 1. The van der Waals surface area contributed by atoms with Crippen LogP contribution in [0.4, 0.5) is 3.89 Å². The third-order valence-corrected chi connectivity index (χ3v) is 3.78. The zero-order valence-corrected chi connectivity index (χ0v) is 7.17. The summed E-state index contributed by atoms with van der Waals surface area (Å²) in [5, 5.41) is 0.656. The van der Waals surface area contributed by atoms with Crippen LogP contribution in [0.1, 0.15) is 6.42 Å². The van der Waals surface area contributed by atoms with Gasteiger partial charge in [0.25, 0.3) is 0 Å². The second kappa shape index (κ2) is 2.28. The van der Waals surface area contributed by atoms with Gasteiger partial charge in [-0.3, -0.25) is 14.9 Å². The first-order valence-corrected chi connectivity index (χ1v) is 5.14. The summed E-state index contributed by atoms with van der Waals surface area (Å²) in [5.74, 6) is -2.80. The summed E-state index contributed by atoms with van der Waals surface area (Å²) >= 11 is 0. The zero-order valence-electron chi connectivity index (χ0n) is 6.36. The average Bonchev–Trinajstić information content (AvgIpc) is 1.95. The van der Waals surface area contributed by atoms with Crippen LogP contribution in [-0.4, -0.2) is 25.5 Å². The van der Waals surface area contributed by atoms with Crippen molar-refractivity contribution in [3.63, 3.8) is 0 Å². The zero-order chi connectivity index (χ0) is 9.80. The van der Waals surface area contributed by atoms with Crippen molar-refractivity contribution in [2.45, 2.75) is 11.7 Å². The molecule has 3 unspecified atom stereocenters. The molecule has 13 heavy (non-hydrogen) atoms. The van der Waals surface area contributed by atoms with Crippen LogP contribution >= 0.6 is 0 Å². The lowest BCUT2D eigenvalue weighted by atomic mass is 9.75. The van der Waals surface area contributed by atoms with E-state index in [4.69, 9.17) is 0 Å². The van der Waals surface area contributed by atoms with Gasteiger partial charge in [-0.1, -0.05) is 0 Å². The van der Waals surface area contributed by atoms with Crippen LogP contribution in [-0.2, 0) is 19.8 Å². The Morgan fingerprint density at radius 3 is 2.38 bits per heavy atom. The van der Waals surface area contributed by atoms with Crippen molar-refractivity contribution in [2.24, 2.45) is 11.8 Å². The maximum Gasteiger partial charge on any atom is 0.306 e. The molecular formula is C6H6FNO4S. The van der Waals surface area contributed by atoms with Crippen molar-refractivity contribution >= 4 is 22.0 Å². The lowest BCUT2D eigenvalue weighted by molar-refractivity contribution is -0.125. The van der Waals surface area contributed by atoms with E-state index < -0.39 is 39.1 Å². The van der Waals surface area contributed by atoms with Gasteiger partial charge in [-0.15, -0.1) is 3.89 Å². The number of imide groups is 1. The third kappa shape index (κ3) is 1.06. The molecule has 0 aromatic carbocycles. The summed E-state index contributed by atoms with van der Waals surface area (Å²) in [6, 6.07) is 0. The van der Waals surface area contributed by atoms with Gasteiger partial charge in [-0.05, 0) is 6.42 Å². The van der Waals surface area contributed by atoms with E-state index in [-0.39, 0.29) is 6.42 Å². The highest BCUT2D eigenvalue weighted by Gasteiger charge is 2.59. The van der Waals surface area contributed by atoms with Crippen molar-refractivity contribution in [1.82, 2.24) is 5.32 Å². The van der Waals surface area contributed by atoms with Crippen molar-refractivity contribution in [3.8, 4) is 0 Å². The number of carbonyl (C=O) groups is 2. The molecule has 2 fully saturated rings. The summed E-state index contributed by atoms with van der Waals surface area (Å²) in [4.78, 5) is 21.8. The van der Waals surface area contributed by atoms with Gasteiger partial charge in [0, 0.05) is 0 Å². The Morgan fingerprint density at radius 2 is 1.92 bits per heavy atom. The van der Waals surface area contributed by atoms with Gasteiger partial charge in [0.2, 0.25) is 11.8 Å². The van der Waals surface area contributed by atoms with E-state index in [0.29, 0.717) is 0 Å². The largest absolute Gasteiger partial charge is 0.306 e. The molecule has 1 aliphatic carbocycles. The van der Waals surface area contributed by atoms with Gasteiger partial charge in [-0.2, -0.15) is 8.42 Å². The lowest BCUT2D eigenvalue weighted by Gasteiger charge is -2.32. The molecule has 2 aliphatic rings. The van der Waals surface area contributed by atoms with Gasteiger partial charge in [-0.25, -0.2) is 0 Å². The fraction of sp³-hybridized carbons (Fsp3) is 0.667. The molecule has 1 saturated carbocycles. The molecule has 0 radical (unpaired) electrons. The predicted molar refractivity (Wildman–Crippen MR) is 38.6 cm³/mol. The summed E-state index contributed by atoms with van der Waals surface area (Å²) in [5.41, 5.74) is 0. The van der Waals surface area contributed by atoms with E-state index in [9.17, 15) is 21.9 Å². The van der Waals surface area contributed by atoms with Gasteiger partial charge in [0.1, 0.15) is 5.25 Å². The Labute approximate surface area is 73.5 Å². The Morgan fingerprint density at radius 1 is 1.31 bits per heavy atom. The quantitative estimate of drug-likeness (QED) is 0.439. The number of nitrogens with one attached hydrogen (secondary N) is 1. The molecule has 1 N–H and O–H groups in total. The third-order valence-electron chi connectivity index (χ3n) is 2.57. The summed E-state index contributed by atoms with van der Waals surface area (Å²) in [6.07, 6.45) is -0.0823. The molecule has 0 spiro atoms. The normalized spacial score (nSPS) is 38.1. The van der Waals surface area contributed by atoms with Gasteiger partial charge in [0.15, 0.2) is 0 Å². The minimum atomic E-state index is -4.69. The molecule has 5 nitrogen and oxygen atoms in total. The second-order valence-corrected chi connectivity index (χ2v) is 4.79. The molecule has 1 heterocycles. The lowest BCUT2D eigenvalue weighted by Crippen LogP contribution is -2.46. The molecule has 7 heteroatoms. The number of fused-ring (bicyclic) bond motifs is 1. The van der Waals surface area contributed by atoms with E-state index in [1.807, 2.05) is 5.32 Å². The molecular weight excluding hydrogens is 201 g/mol. The molecule has 0 aromatic rings. The van der Waals surface area contributed by atoms with E-state index in [1.165, 1.54) is 0 Å².